The first-order valence-electron chi connectivity index (χ1n) is 6.66. The van der Waals surface area contributed by atoms with Crippen LogP contribution in [0.3, 0.4) is 0 Å². The lowest BCUT2D eigenvalue weighted by molar-refractivity contribution is -0.121. The van der Waals surface area contributed by atoms with Crippen molar-refractivity contribution in [2.75, 3.05) is 0 Å². The zero-order chi connectivity index (χ0) is 13.0. The number of carbonyl (C=O) groups excluding carboxylic acids is 1. The van der Waals surface area contributed by atoms with Crippen LogP contribution in [0.5, 0.6) is 0 Å². The Morgan fingerprint density at radius 3 is 2.39 bits per heavy atom. The first-order chi connectivity index (χ1) is 8.66. The first-order valence-corrected chi connectivity index (χ1v) is 7.58. The summed E-state index contributed by atoms with van der Waals surface area (Å²) >= 11 is 3.30. The fourth-order valence-corrected chi connectivity index (χ4v) is 2.74. The highest BCUT2D eigenvalue weighted by Crippen LogP contribution is 2.32. The zero-order valence-electron chi connectivity index (χ0n) is 10.7. The van der Waals surface area contributed by atoms with Crippen molar-refractivity contribution in [3.8, 4) is 0 Å². The van der Waals surface area contributed by atoms with Gasteiger partial charge in [0.05, 0.1) is 4.83 Å². The molecule has 0 saturated heterocycles. The Hall–Kier alpha value is -0.830. The Kier molecular flexibility index (Phi) is 4.81. The molecule has 1 aromatic carbocycles. The van der Waals surface area contributed by atoms with Crippen LogP contribution in [0.25, 0.3) is 0 Å². The minimum atomic E-state index is -0.0932. The zero-order valence-corrected chi connectivity index (χ0v) is 12.3. The van der Waals surface area contributed by atoms with E-state index in [1.54, 1.807) is 0 Å². The molecule has 1 unspecified atom stereocenters. The lowest BCUT2D eigenvalue weighted by Gasteiger charge is -2.29. The molecule has 1 amide bonds. The second-order valence-corrected chi connectivity index (χ2v) is 6.46. The van der Waals surface area contributed by atoms with Crippen LogP contribution in [-0.2, 0) is 4.79 Å². The molecule has 1 aromatic rings. The average Bonchev–Trinajstić information content (AvgIpc) is 2.40. The van der Waals surface area contributed by atoms with Crippen LogP contribution in [0.4, 0.5) is 0 Å². The van der Waals surface area contributed by atoms with Crippen LogP contribution in [0.1, 0.15) is 44.1 Å². The largest absolute Gasteiger partial charge is 0.352 e. The third-order valence-electron chi connectivity index (χ3n) is 3.71. The minimum absolute atomic E-state index is 0.0932. The molecule has 1 N–H and O–H groups in total. The van der Waals surface area contributed by atoms with Gasteiger partial charge in [-0.2, -0.15) is 0 Å². The van der Waals surface area contributed by atoms with E-state index in [9.17, 15) is 4.79 Å². The summed E-state index contributed by atoms with van der Waals surface area (Å²) in [5.41, 5.74) is 1.44. The Morgan fingerprint density at radius 1 is 1.22 bits per heavy atom. The summed E-state index contributed by atoms with van der Waals surface area (Å²) in [5, 5.41) is 3.10. The Labute approximate surface area is 117 Å². The van der Waals surface area contributed by atoms with E-state index in [-0.39, 0.29) is 10.7 Å². The van der Waals surface area contributed by atoms with E-state index in [1.807, 2.05) is 6.92 Å². The second-order valence-electron chi connectivity index (χ2n) is 5.08. The van der Waals surface area contributed by atoms with Crippen LogP contribution in [0.2, 0.25) is 0 Å². The van der Waals surface area contributed by atoms with Crippen molar-refractivity contribution in [2.24, 2.45) is 0 Å². The summed E-state index contributed by atoms with van der Waals surface area (Å²) in [7, 11) is 0. The van der Waals surface area contributed by atoms with Crippen molar-refractivity contribution >= 4 is 21.8 Å². The van der Waals surface area contributed by atoms with Crippen LogP contribution in [-0.4, -0.2) is 16.8 Å². The topological polar surface area (TPSA) is 29.1 Å². The van der Waals surface area contributed by atoms with E-state index in [0.717, 1.165) is 12.8 Å². The summed E-state index contributed by atoms with van der Waals surface area (Å²) < 4.78 is 0. The van der Waals surface area contributed by atoms with Gasteiger partial charge < -0.3 is 5.32 Å². The maximum absolute atomic E-state index is 11.6. The third-order valence-corrected chi connectivity index (χ3v) is 4.12. The molecule has 18 heavy (non-hydrogen) atoms. The van der Waals surface area contributed by atoms with Gasteiger partial charge in [0.2, 0.25) is 5.91 Å². The normalized spacial score (nSPS) is 25.4. The number of nitrogens with one attached hydrogen (secondary N) is 1. The van der Waals surface area contributed by atoms with Gasteiger partial charge in [-0.05, 0) is 44.1 Å². The smallest absolute Gasteiger partial charge is 0.233 e. The molecule has 0 heterocycles. The number of rotatable bonds is 3. The van der Waals surface area contributed by atoms with E-state index < -0.39 is 0 Å². The van der Waals surface area contributed by atoms with Crippen LogP contribution >= 0.6 is 15.9 Å². The number of carbonyl (C=O) groups is 1. The maximum atomic E-state index is 11.6. The molecule has 0 aliphatic heterocycles. The van der Waals surface area contributed by atoms with Crippen molar-refractivity contribution in [3.63, 3.8) is 0 Å². The molecule has 0 aromatic heterocycles. The lowest BCUT2D eigenvalue weighted by atomic mass is 9.82. The van der Waals surface area contributed by atoms with Crippen molar-refractivity contribution in [3.05, 3.63) is 35.9 Å². The van der Waals surface area contributed by atoms with Gasteiger partial charge in [-0.3, -0.25) is 4.79 Å². The Bertz CT molecular complexity index is 383. The molecule has 1 aliphatic carbocycles. The molecular weight excluding hydrogens is 290 g/mol. The summed E-state index contributed by atoms with van der Waals surface area (Å²) in [6.07, 6.45) is 4.52. The molecule has 1 saturated carbocycles. The van der Waals surface area contributed by atoms with Crippen molar-refractivity contribution < 1.29 is 4.79 Å². The molecule has 2 rings (SSSR count). The fourth-order valence-electron chi connectivity index (χ4n) is 2.61. The Balaban J connectivity index is 1.83. The molecule has 1 fully saturated rings. The summed E-state index contributed by atoms with van der Waals surface area (Å²) in [4.78, 5) is 11.5. The maximum Gasteiger partial charge on any atom is 0.233 e. The van der Waals surface area contributed by atoms with Gasteiger partial charge in [0.15, 0.2) is 0 Å². The van der Waals surface area contributed by atoms with Crippen LogP contribution in [0.15, 0.2) is 30.3 Å². The standard InChI is InChI=1S/C15H20BrNO/c1-11(16)15(18)17-14-9-7-13(8-10-14)12-5-3-2-4-6-12/h2-6,11,13-14H,7-10H2,1H3,(H,17,18). The highest BCUT2D eigenvalue weighted by molar-refractivity contribution is 9.10. The minimum Gasteiger partial charge on any atom is -0.352 e. The van der Waals surface area contributed by atoms with E-state index in [4.69, 9.17) is 0 Å². The molecular formula is C15H20BrNO. The quantitative estimate of drug-likeness (QED) is 0.849. The van der Waals surface area contributed by atoms with Crippen LogP contribution in [0, 0.1) is 0 Å². The number of hydrogen-bond donors (Lipinski definition) is 1. The van der Waals surface area contributed by atoms with Crippen LogP contribution < -0.4 is 5.32 Å². The monoisotopic (exact) mass is 309 g/mol. The lowest BCUT2D eigenvalue weighted by Crippen LogP contribution is -2.40. The first kappa shape index (κ1) is 13.6. The summed E-state index contributed by atoms with van der Waals surface area (Å²) in [5.74, 6) is 0.777. The highest BCUT2D eigenvalue weighted by atomic mass is 79.9. The predicted molar refractivity (Wildman–Crippen MR) is 78.0 cm³/mol. The second kappa shape index (κ2) is 6.37. The van der Waals surface area contributed by atoms with E-state index in [0.29, 0.717) is 12.0 Å². The third kappa shape index (κ3) is 3.58. The molecule has 0 bridgehead atoms. The number of amides is 1. The molecule has 0 radical (unpaired) electrons. The van der Waals surface area contributed by atoms with Gasteiger partial charge in [0, 0.05) is 6.04 Å². The van der Waals surface area contributed by atoms with E-state index >= 15 is 0 Å². The highest BCUT2D eigenvalue weighted by Gasteiger charge is 2.24. The average molecular weight is 310 g/mol. The number of alkyl halides is 1. The van der Waals surface area contributed by atoms with Gasteiger partial charge in [-0.1, -0.05) is 46.3 Å². The summed E-state index contributed by atoms with van der Waals surface area (Å²) in [6.45, 7) is 1.87. The SMILES string of the molecule is CC(Br)C(=O)NC1CCC(c2ccccc2)CC1. The fraction of sp³-hybridized carbons (Fsp3) is 0.533. The van der Waals surface area contributed by atoms with Gasteiger partial charge in [0.1, 0.15) is 0 Å². The van der Waals surface area contributed by atoms with Crippen molar-refractivity contribution in [1.29, 1.82) is 0 Å². The Morgan fingerprint density at radius 2 is 1.83 bits per heavy atom. The van der Waals surface area contributed by atoms with E-state index in [1.165, 1.54) is 18.4 Å². The van der Waals surface area contributed by atoms with E-state index in [2.05, 4.69) is 51.6 Å². The molecule has 2 nitrogen and oxygen atoms in total. The van der Waals surface area contributed by atoms with Gasteiger partial charge in [-0.25, -0.2) is 0 Å². The summed E-state index contributed by atoms with van der Waals surface area (Å²) in [6, 6.07) is 11.1. The number of benzene rings is 1. The van der Waals surface area contributed by atoms with Crippen molar-refractivity contribution in [2.45, 2.75) is 49.4 Å². The molecule has 0 spiro atoms. The van der Waals surface area contributed by atoms with Gasteiger partial charge in [-0.15, -0.1) is 0 Å². The van der Waals surface area contributed by atoms with Gasteiger partial charge >= 0.3 is 0 Å². The predicted octanol–water partition coefficient (Wildman–Crippen LogP) is 3.61. The molecule has 3 heteroatoms. The van der Waals surface area contributed by atoms with Crippen molar-refractivity contribution in [1.82, 2.24) is 5.32 Å². The number of halogens is 1. The van der Waals surface area contributed by atoms with Gasteiger partial charge in [0.25, 0.3) is 0 Å². The number of hydrogen-bond acceptors (Lipinski definition) is 1. The molecule has 98 valence electrons. The molecule has 1 aliphatic rings. The molecule has 1 atom stereocenters.